The molecule has 0 fully saturated rings. The number of phenolic OH excluding ortho intramolecular Hbond substituents is 1. The topological polar surface area (TPSA) is 143 Å². The maximum atomic E-state index is 11.3. The van der Waals surface area contributed by atoms with Crippen molar-refractivity contribution in [1.29, 1.82) is 0 Å². The number of aromatic nitrogens is 2. The van der Waals surface area contributed by atoms with Gasteiger partial charge in [0, 0.05) is 24.5 Å². The molecule has 2 heterocycles. The fourth-order valence-electron chi connectivity index (χ4n) is 7.15. The summed E-state index contributed by atoms with van der Waals surface area (Å²) in [7, 11) is 0. The number of phenols is 1. The van der Waals surface area contributed by atoms with E-state index in [1.807, 2.05) is 36.4 Å². The van der Waals surface area contributed by atoms with E-state index in [2.05, 4.69) is 53.0 Å². The van der Waals surface area contributed by atoms with Crippen LogP contribution in [0.5, 0.6) is 11.5 Å². The molecule has 50 heavy (non-hydrogen) atoms. The van der Waals surface area contributed by atoms with Crippen molar-refractivity contribution in [3.63, 3.8) is 0 Å². The highest BCUT2D eigenvalue weighted by Gasteiger charge is 2.28. The molecule has 0 saturated carbocycles. The van der Waals surface area contributed by atoms with Crippen LogP contribution in [0.3, 0.4) is 0 Å². The predicted octanol–water partition coefficient (Wildman–Crippen LogP) is 6.22. The van der Waals surface area contributed by atoms with Gasteiger partial charge < -0.3 is 35.9 Å². The number of ether oxygens (including phenoxy) is 1. The van der Waals surface area contributed by atoms with Gasteiger partial charge in [-0.3, -0.25) is 0 Å². The number of aliphatic hydroxyl groups is 3. The normalized spacial score (nSPS) is 20.5. The van der Waals surface area contributed by atoms with Gasteiger partial charge in [0.25, 0.3) is 0 Å². The highest BCUT2D eigenvalue weighted by molar-refractivity contribution is 5.42. The van der Waals surface area contributed by atoms with E-state index in [9.17, 15) is 20.4 Å². The van der Waals surface area contributed by atoms with E-state index in [-0.39, 0.29) is 35.9 Å². The van der Waals surface area contributed by atoms with Crippen LogP contribution in [0.25, 0.3) is 0 Å². The number of aromatic hydroxyl groups is 1. The third kappa shape index (κ3) is 10.9. The molecule has 0 aliphatic heterocycles. The smallest absolute Gasteiger partial charge is 0.161 e. The van der Waals surface area contributed by atoms with Crippen LogP contribution in [0, 0.1) is 29.6 Å². The van der Waals surface area contributed by atoms with Gasteiger partial charge in [-0.15, -0.1) is 5.92 Å². The molecule has 6 N–H and O–H groups in total. The molecule has 4 aromatic rings. The van der Waals surface area contributed by atoms with Gasteiger partial charge in [-0.25, -0.2) is 4.98 Å². The fourth-order valence-corrected chi connectivity index (χ4v) is 7.15. The molecule has 0 amide bonds. The van der Waals surface area contributed by atoms with Crippen LogP contribution < -0.4 is 15.5 Å². The number of pyridine rings is 1. The number of rotatable bonds is 15. The van der Waals surface area contributed by atoms with Crippen LogP contribution in [-0.4, -0.2) is 50.3 Å². The second-order valence-corrected chi connectivity index (χ2v) is 13.9. The number of nitrogen functional groups attached to an aromatic ring is 1. The molecular weight excluding hydrogens is 626 g/mol. The lowest BCUT2D eigenvalue weighted by Gasteiger charge is -2.28. The third-order valence-corrected chi connectivity index (χ3v) is 10.1. The Hall–Kier alpha value is -4.29. The average molecular weight is 679 g/mol. The lowest BCUT2D eigenvalue weighted by atomic mass is 9.82. The minimum absolute atomic E-state index is 0.0239. The largest absolute Gasteiger partial charge is 0.668 e. The van der Waals surface area contributed by atoms with E-state index in [0.29, 0.717) is 50.3 Å². The number of anilines is 1. The molecule has 266 valence electrons. The Morgan fingerprint density at radius 1 is 1.00 bits per heavy atom. The first-order chi connectivity index (χ1) is 24.3. The maximum absolute atomic E-state index is 11.3. The summed E-state index contributed by atoms with van der Waals surface area (Å²) in [5, 5.41) is 43.4. The van der Waals surface area contributed by atoms with Gasteiger partial charge >= 0.3 is 0 Å². The zero-order valence-corrected chi connectivity index (χ0v) is 29.1. The van der Waals surface area contributed by atoms with Crippen molar-refractivity contribution in [3.8, 4) is 23.3 Å². The molecule has 0 bridgehead atoms. The van der Waals surface area contributed by atoms with Gasteiger partial charge in [0.05, 0.1) is 18.8 Å². The van der Waals surface area contributed by atoms with Gasteiger partial charge in [0.2, 0.25) is 0 Å². The molecule has 0 spiro atoms. The SMILES string of the molecule is CC(Cc1ccccc1)C1C#CCC(C(O)CCc2ccc(O)c(OC(CO)CC(Cc3ccc[n-]3)c3ccnc(N)c3)c2)C(O)CCCC1. The number of nitrogens with zero attached hydrogens (tertiary/aromatic N) is 2. The standard InChI is InChI=1S/C42H52N3O5/c1-29(23-30-9-3-2-4-10-30)32-11-5-6-15-38(47)37(14-7-12-32)39(48)18-16-31-17-19-40(49)41(24-31)50-36(28-46)26-34(25-35-13-8-21-44-35)33-20-22-45-42(43)27-33/h2-4,8-10,13,17,19-22,24,27,29,32,34,36-39,46-49H,5-6,11,14-16,18,23,25-26,28H2,1H3,(H2,43,45)/q-1. The summed E-state index contributed by atoms with van der Waals surface area (Å²) in [4.78, 5) is 8.55. The molecule has 1 aliphatic carbocycles. The lowest BCUT2D eigenvalue weighted by molar-refractivity contribution is 0.00551. The first kappa shape index (κ1) is 37.0. The van der Waals surface area contributed by atoms with Crippen molar-refractivity contribution in [1.82, 2.24) is 9.97 Å². The molecule has 2 aromatic carbocycles. The summed E-state index contributed by atoms with van der Waals surface area (Å²) in [5.74, 6) is 7.85. The summed E-state index contributed by atoms with van der Waals surface area (Å²) in [5.41, 5.74) is 10.1. The highest BCUT2D eigenvalue weighted by atomic mass is 16.5. The maximum Gasteiger partial charge on any atom is 0.161 e. The van der Waals surface area contributed by atoms with E-state index in [1.54, 1.807) is 24.5 Å². The number of hydrogen-bond acceptors (Lipinski definition) is 7. The van der Waals surface area contributed by atoms with E-state index in [0.717, 1.165) is 42.5 Å². The monoisotopic (exact) mass is 678 g/mol. The second-order valence-electron chi connectivity index (χ2n) is 13.9. The van der Waals surface area contributed by atoms with E-state index < -0.39 is 18.3 Å². The minimum atomic E-state index is -0.736. The predicted molar refractivity (Wildman–Crippen MR) is 197 cm³/mol. The van der Waals surface area contributed by atoms with Gasteiger partial charge in [-0.05, 0) is 97.7 Å². The molecule has 8 nitrogen and oxygen atoms in total. The van der Waals surface area contributed by atoms with Crippen molar-refractivity contribution < 1.29 is 25.2 Å². The molecule has 1 aliphatic rings. The Morgan fingerprint density at radius 2 is 1.82 bits per heavy atom. The van der Waals surface area contributed by atoms with Crippen LogP contribution in [0.4, 0.5) is 5.82 Å². The first-order valence-corrected chi connectivity index (χ1v) is 18.0. The molecule has 8 heteroatoms. The Balaban J connectivity index is 1.21. The van der Waals surface area contributed by atoms with Crippen molar-refractivity contribution in [2.24, 2.45) is 17.8 Å². The van der Waals surface area contributed by atoms with Crippen LogP contribution in [0.15, 0.2) is 85.2 Å². The van der Waals surface area contributed by atoms with Crippen LogP contribution in [-0.2, 0) is 19.3 Å². The summed E-state index contributed by atoms with van der Waals surface area (Å²) >= 11 is 0. The number of aliphatic hydroxyl groups excluding tert-OH is 3. The van der Waals surface area contributed by atoms with Crippen molar-refractivity contribution in [2.75, 3.05) is 12.3 Å². The number of aryl methyl sites for hydroxylation is 1. The van der Waals surface area contributed by atoms with Gasteiger partial charge in [-0.1, -0.05) is 74.2 Å². The zero-order chi connectivity index (χ0) is 35.3. The molecule has 7 unspecified atom stereocenters. The highest BCUT2D eigenvalue weighted by Crippen LogP contribution is 2.33. The summed E-state index contributed by atoms with van der Waals surface area (Å²) in [6.45, 7) is 2.02. The molecule has 2 aromatic heterocycles. The zero-order valence-electron chi connectivity index (χ0n) is 29.1. The first-order valence-electron chi connectivity index (χ1n) is 18.0. The van der Waals surface area contributed by atoms with Crippen LogP contribution >= 0.6 is 0 Å². The summed E-state index contributed by atoms with van der Waals surface area (Å²) in [6.07, 6.45) is 8.53. The fraction of sp³-hybridized carbons (Fsp3) is 0.452. The Labute approximate surface area is 296 Å². The quantitative estimate of drug-likeness (QED) is 0.0934. The molecule has 7 atom stereocenters. The third-order valence-electron chi connectivity index (χ3n) is 10.1. The van der Waals surface area contributed by atoms with E-state index in [1.165, 1.54) is 5.56 Å². The minimum Gasteiger partial charge on any atom is -0.668 e. The molecule has 0 radical (unpaired) electrons. The van der Waals surface area contributed by atoms with Gasteiger partial charge in [-0.2, -0.15) is 11.9 Å². The second kappa shape index (κ2) is 18.6. The van der Waals surface area contributed by atoms with E-state index >= 15 is 0 Å². The molecule has 5 rings (SSSR count). The van der Waals surface area contributed by atoms with Crippen LogP contribution in [0.2, 0.25) is 0 Å². The molecule has 0 saturated heterocycles. The van der Waals surface area contributed by atoms with Crippen molar-refractivity contribution >= 4 is 5.82 Å². The number of nitrogens with two attached hydrogens (primary N) is 1. The Kier molecular flexibility index (Phi) is 13.8. The summed E-state index contributed by atoms with van der Waals surface area (Å²) in [6, 6.07) is 23.3. The van der Waals surface area contributed by atoms with E-state index in [4.69, 9.17) is 10.5 Å². The average Bonchev–Trinajstić information content (AvgIpc) is 3.64. The van der Waals surface area contributed by atoms with Crippen molar-refractivity contribution in [3.05, 3.63) is 108 Å². The van der Waals surface area contributed by atoms with Gasteiger partial charge in [0.1, 0.15) is 11.9 Å². The number of benzene rings is 2. The summed E-state index contributed by atoms with van der Waals surface area (Å²) < 4.78 is 6.21. The van der Waals surface area contributed by atoms with Crippen LogP contribution in [0.1, 0.15) is 80.2 Å². The number of hydrogen-bond donors (Lipinski definition) is 5. The lowest BCUT2D eigenvalue weighted by Crippen LogP contribution is -2.32. The molecular formula is C42H52N3O5-. The van der Waals surface area contributed by atoms with Gasteiger partial charge in [0.15, 0.2) is 11.5 Å². The van der Waals surface area contributed by atoms with Crippen molar-refractivity contribution in [2.45, 2.75) is 95.4 Å². The Bertz CT molecular complexity index is 1650. The Morgan fingerprint density at radius 3 is 2.58 bits per heavy atom.